The predicted molar refractivity (Wildman–Crippen MR) is 235 cm³/mol. The molecule has 54 heavy (non-hydrogen) atoms. The maximum absolute atomic E-state index is 2.48. The van der Waals surface area contributed by atoms with E-state index in [1.165, 1.54) is 81.5 Å². The molecule has 1 aliphatic rings. The Morgan fingerprint density at radius 2 is 1.41 bits per heavy atom. The highest BCUT2D eigenvalue weighted by Gasteiger charge is 2.34. The summed E-state index contributed by atoms with van der Waals surface area (Å²) in [7, 11) is 0. The van der Waals surface area contributed by atoms with Crippen LogP contribution in [-0.2, 0) is 11.8 Å². The Kier molecular flexibility index (Phi) is 8.48. The molecule has 0 atom stereocenters. The standard InChI is InChI=1S/C51H44N2S/c1-6-18-42-34(3)54-50-45(42)33-44(48-43-24-15-17-26-47(43)53(49(48)50)40-22-12-9-13-23-40)35-27-29-41(30-28-35)52(39-20-10-8-11-21-39)38(7-2)32-37-31-36-19-14-16-25-46(36)51(37,4)5/h6-30,32-33H,31H2,1-5H3/b18-6-,37-32+,38-7+. The minimum absolute atomic E-state index is 0.0359. The highest BCUT2D eigenvalue weighted by molar-refractivity contribution is 7.20. The van der Waals surface area contributed by atoms with Crippen LogP contribution in [0.2, 0.25) is 0 Å². The number of benzene rings is 6. The molecule has 2 nitrogen and oxygen atoms in total. The fourth-order valence-electron chi connectivity index (χ4n) is 8.67. The molecule has 2 heterocycles. The number of thiophene rings is 1. The largest absolute Gasteiger partial charge is 0.311 e. The fourth-order valence-corrected chi connectivity index (χ4v) is 9.83. The second-order valence-electron chi connectivity index (χ2n) is 14.8. The summed E-state index contributed by atoms with van der Waals surface area (Å²) in [5, 5.41) is 3.87. The van der Waals surface area contributed by atoms with Gasteiger partial charge in [-0.1, -0.05) is 129 Å². The number of anilines is 2. The van der Waals surface area contributed by atoms with Gasteiger partial charge in [0.05, 0.1) is 15.7 Å². The van der Waals surface area contributed by atoms with Crippen molar-refractivity contribution in [2.45, 2.75) is 46.5 Å². The molecular weight excluding hydrogens is 673 g/mol. The van der Waals surface area contributed by atoms with E-state index >= 15 is 0 Å². The molecular formula is C51H44N2S. The van der Waals surface area contributed by atoms with Gasteiger partial charge in [-0.3, -0.25) is 0 Å². The van der Waals surface area contributed by atoms with E-state index in [0.717, 1.165) is 17.8 Å². The molecule has 0 aliphatic heterocycles. The van der Waals surface area contributed by atoms with Gasteiger partial charge in [-0.15, -0.1) is 11.3 Å². The Balaban J connectivity index is 1.24. The van der Waals surface area contributed by atoms with E-state index in [-0.39, 0.29) is 5.41 Å². The zero-order valence-corrected chi connectivity index (χ0v) is 32.4. The summed E-state index contributed by atoms with van der Waals surface area (Å²) in [5.74, 6) is 0. The first kappa shape index (κ1) is 33.9. The molecule has 0 saturated carbocycles. The number of hydrogen-bond donors (Lipinski definition) is 0. The molecule has 9 rings (SSSR count). The highest BCUT2D eigenvalue weighted by atomic mass is 32.1. The van der Waals surface area contributed by atoms with Gasteiger partial charge in [-0.05, 0) is 110 Å². The van der Waals surface area contributed by atoms with Gasteiger partial charge in [0.25, 0.3) is 0 Å². The third-order valence-electron chi connectivity index (χ3n) is 11.4. The molecule has 3 heteroatoms. The van der Waals surface area contributed by atoms with Crippen molar-refractivity contribution in [1.29, 1.82) is 0 Å². The van der Waals surface area contributed by atoms with Crippen LogP contribution in [0.1, 0.15) is 49.3 Å². The summed E-state index contributed by atoms with van der Waals surface area (Å²) in [6.07, 6.45) is 10.1. The molecule has 6 aromatic carbocycles. The van der Waals surface area contributed by atoms with Crippen molar-refractivity contribution >= 4 is 60.7 Å². The Morgan fingerprint density at radius 1 is 0.741 bits per heavy atom. The van der Waals surface area contributed by atoms with Crippen molar-refractivity contribution in [3.05, 3.63) is 191 Å². The minimum Gasteiger partial charge on any atom is -0.311 e. The van der Waals surface area contributed by atoms with Gasteiger partial charge in [0.1, 0.15) is 0 Å². The molecule has 2 aromatic heterocycles. The Labute approximate surface area is 322 Å². The summed E-state index contributed by atoms with van der Waals surface area (Å²) in [5.41, 5.74) is 15.1. The summed E-state index contributed by atoms with van der Waals surface area (Å²) < 4.78 is 3.81. The molecule has 0 saturated heterocycles. The number of rotatable bonds is 7. The van der Waals surface area contributed by atoms with E-state index in [0.29, 0.717) is 0 Å². The van der Waals surface area contributed by atoms with Crippen LogP contribution >= 0.6 is 11.3 Å². The Hall–Kier alpha value is -5.90. The Morgan fingerprint density at radius 3 is 2.13 bits per heavy atom. The van der Waals surface area contributed by atoms with Crippen LogP contribution in [0.5, 0.6) is 0 Å². The molecule has 0 spiro atoms. The first-order chi connectivity index (χ1) is 26.4. The molecule has 0 radical (unpaired) electrons. The average molecular weight is 717 g/mol. The number of aryl methyl sites for hydroxylation is 1. The van der Waals surface area contributed by atoms with Gasteiger partial charge in [0.15, 0.2) is 0 Å². The lowest BCUT2D eigenvalue weighted by Crippen LogP contribution is -2.19. The number of fused-ring (bicyclic) bond motifs is 6. The van der Waals surface area contributed by atoms with E-state index in [1.54, 1.807) is 0 Å². The first-order valence-corrected chi connectivity index (χ1v) is 19.8. The molecule has 0 unspecified atom stereocenters. The quantitative estimate of drug-likeness (QED) is 0.159. The second kappa shape index (κ2) is 13.5. The van der Waals surface area contributed by atoms with Gasteiger partial charge in [-0.2, -0.15) is 0 Å². The lowest BCUT2D eigenvalue weighted by molar-refractivity contribution is 0.643. The zero-order chi connectivity index (χ0) is 37.0. The minimum atomic E-state index is -0.0359. The molecule has 0 amide bonds. The fraction of sp³-hybridized carbons (Fsp3) is 0.137. The summed E-state index contributed by atoms with van der Waals surface area (Å²) in [6, 6.07) is 51.1. The molecule has 8 aromatic rings. The number of para-hydroxylation sites is 3. The van der Waals surface area contributed by atoms with Gasteiger partial charge < -0.3 is 9.47 Å². The SMILES string of the molecule is C/C=C\c1c(C)sc2c1cc(-c1ccc(N(C(=C/C)/C=C3\Cc4ccccc4C3(C)C)c3ccccc3)cc1)c1c3ccccc3n(-c3ccccc3)c21. The van der Waals surface area contributed by atoms with E-state index < -0.39 is 0 Å². The highest BCUT2D eigenvalue weighted by Crippen LogP contribution is 2.48. The van der Waals surface area contributed by atoms with Gasteiger partial charge in [0, 0.05) is 49.2 Å². The molecule has 0 bridgehead atoms. The van der Waals surface area contributed by atoms with Crippen molar-refractivity contribution in [3.63, 3.8) is 0 Å². The Bertz CT molecular complexity index is 2770. The number of allylic oxidation sites excluding steroid dienone is 4. The van der Waals surface area contributed by atoms with Gasteiger partial charge in [0.2, 0.25) is 0 Å². The second-order valence-corrected chi connectivity index (χ2v) is 16.1. The van der Waals surface area contributed by atoms with Crippen LogP contribution in [0, 0.1) is 6.92 Å². The van der Waals surface area contributed by atoms with E-state index in [9.17, 15) is 0 Å². The van der Waals surface area contributed by atoms with Gasteiger partial charge >= 0.3 is 0 Å². The monoisotopic (exact) mass is 716 g/mol. The van der Waals surface area contributed by atoms with Crippen molar-refractivity contribution in [2.24, 2.45) is 0 Å². The van der Waals surface area contributed by atoms with Crippen molar-refractivity contribution < 1.29 is 0 Å². The lowest BCUT2D eigenvalue weighted by atomic mass is 9.82. The zero-order valence-electron chi connectivity index (χ0n) is 31.6. The van der Waals surface area contributed by atoms with E-state index in [4.69, 9.17) is 0 Å². The van der Waals surface area contributed by atoms with E-state index in [2.05, 4.69) is 208 Å². The lowest BCUT2D eigenvalue weighted by Gasteiger charge is -2.29. The van der Waals surface area contributed by atoms with Crippen LogP contribution in [0.25, 0.3) is 54.8 Å². The third-order valence-corrected chi connectivity index (χ3v) is 12.5. The topological polar surface area (TPSA) is 8.17 Å². The molecule has 1 aliphatic carbocycles. The van der Waals surface area contributed by atoms with Crippen LogP contribution in [0.3, 0.4) is 0 Å². The van der Waals surface area contributed by atoms with Gasteiger partial charge in [-0.25, -0.2) is 0 Å². The third kappa shape index (κ3) is 5.46. The predicted octanol–water partition coefficient (Wildman–Crippen LogP) is 14.5. The summed E-state index contributed by atoms with van der Waals surface area (Å²) >= 11 is 1.90. The maximum atomic E-state index is 2.48. The first-order valence-electron chi connectivity index (χ1n) is 19.0. The molecule has 264 valence electrons. The number of aromatic nitrogens is 1. The summed E-state index contributed by atoms with van der Waals surface area (Å²) in [6.45, 7) is 11.3. The van der Waals surface area contributed by atoms with E-state index in [1.807, 2.05) is 11.3 Å². The van der Waals surface area contributed by atoms with Crippen LogP contribution in [-0.4, -0.2) is 4.57 Å². The van der Waals surface area contributed by atoms with Crippen LogP contribution < -0.4 is 4.90 Å². The molecule has 0 fully saturated rings. The smallest absolute Gasteiger partial charge is 0.0725 e. The number of hydrogen-bond acceptors (Lipinski definition) is 2. The van der Waals surface area contributed by atoms with Crippen LogP contribution in [0.4, 0.5) is 11.4 Å². The average Bonchev–Trinajstić information content (AvgIpc) is 3.81. The number of nitrogens with zero attached hydrogens (tertiary/aromatic N) is 2. The van der Waals surface area contributed by atoms with Crippen molar-refractivity contribution in [1.82, 2.24) is 4.57 Å². The van der Waals surface area contributed by atoms with Crippen LogP contribution in [0.15, 0.2) is 169 Å². The van der Waals surface area contributed by atoms with Crippen molar-refractivity contribution in [3.8, 4) is 16.8 Å². The maximum Gasteiger partial charge on any atom is 0.0725 e. The van der Waals surface area contributed by atoms with Crippen molar-refractivity contribution in [2.75, 3.05) is 4.90 Å². The molecule has 0 N–H and O–H groups in total. The normalized spacial score (nSPS) is 14.9. The summed E-state index contributed by atoms with van der Waals surface area (Å²) in [4.78, 5) is 3.74.